The van der Waals surface area contributed by atoms with Crippen molar-refractivity contribution in [3.63, 3.8) is 0 Å². The molecule has 3 aromatic carbocycles. The summed E-state index contributed by atoms with van der Waals surface area (Å²) in [7, 11) is -3.56. The molecule has 0 aromatic heterocycles. The second-order valence-electron chi connectivity index (χ2n) is 5.70. The lowest BCUT2D eigenvalue weighted by molar-refractivity contribution is 0.576. The van der Waals surface area contributed by atoms with Crippen LogP contribution in [0.2, 0.25) is 0 Å². The Labute approximate surface area is 156 Å². The first-order valence-corrected chi connectivity index (χ1v) is 9.57. The van der Waals surface area contributed by atoms with E-state index in [0.29, 0.717) is 11.3 Å². The molecule has 0 amide bonds. The average molecular weight is 386 g/mol. The van der Waals surface area contributed by atoms with Crippen molar-refractivity contribution in [3.05, 3.63) is 90.0 Å². The summed E-state index contributed by atoms with van der Waals surface area (Å²) in [5, 5.41) is 3.97. The minimum atomic E-state index is -3.56. The molecule has 27 heavy (non-hydrogen) atoms. The van der Waals surface area contributed by atoms with Gasteiger partial charge in [-0.25, -0.2) is 17.2 Å². The molecule has 0 atom stereocenters. The second kappa shape index (κ2) is 8.09. The smallest absolute Gasteiger partial charge is 0.206 e. The van der Waals surface area contributed by atoms with Crippen molar-refractivity contribution in [1.82, 2.24) is 0 Å². The van der Waals surface area contributed by atoms with Crippen molar-refractivity contribution in [2.24, 2.45) is 5.10 Å². The fourth-order valence-electron chi connectivity index (χ4n) is 2.40. The summed E-state index contributed by atoms with van der Waals surface area (Å²) in [5.74, 6) is -1.26. The first-order valence-electron chi connectivity index (χ1n) is 8.08. The Bertz CT molecular complexity index is 1050. The van der Waals surface area contributed by atoms with Gasteiger partial charge >= 0.3 is 0 Å². The number of anilines is 1. The summed E-state index contributed by atoms with van der Waals surface area (Å²) < 4.78 is 51.4. The Hall–Kier alpha value is -3.06. The van der Waals surface area contributed by atoms with Gasteiger partial charge in [0.05, 0.1) is 15.5 Å². The Morgan fingerprint density at radius 2 is 1.56 bits per heavy atom. The zero-order chi connectivity index (χ0) is 19.3. The highest BCUT2D eigenvalue weighted by Gasteiger charge is 2.16. The fraction of sp³-hybridized carbons (Fsp3) is 0.0500. The van der Waals surface area contributed by atoms with Crippen LogP contribution in [0.25, 0.3) is 0 Å². The Morgan fingerprint density at radius 3 is 2.22 bits per heavy atom. The summed E-state index contributed by atoms with van der Waals surface area (Å²) >= 11 is 0. The standard InChI is InChI=1S/C20H16F2N2O2S/c21-16-7-6-15(20(22)14-16)12-13-23-24-17-8-10-19(11-9-17)27(25,26)18-4-2-1-3-5-18/h1-11,13-14,24H,12H2. The lowest BCUT2D eigenvalue weighted by Crippen LogP contribution is -2.02. The van der Waals surface area contributed by atoms with Gasteiger partial charge in [-0.2, -0.15) is 5.10 Å². The number of hydrazone groups is 1. The number of nitrogens with one attached hydrogen (secondary N) is 1. The van der Waals surface area contributed by atoms with Crippen LogP contribution in [0.3, 0.4) is 0 Å². The Kier molecular flexibility index (Phi) is 5.61. The molecule has 0 aliphatic heterocycles. The van der Waals surface area contributed by atoms with Gasteiger partial charge in [0.25, 0.3) is 0 Å². The van der Waals surface area contributed by atoms with Gasteiger partial charge in [0.2, 0.25) is 9.84 Å². The number of nitrogens with zero attached hydrogens (tertiary/aromatic N) is 1. The number of benzene rings is 3. The summed E-state index contributed by atoms with van der Waals surface area (Å²) in [5.41, 5.74) is 3.65. The van der Waals surface area contributed by atoms with Gasteiger partial charge in [0, 0.05) is 18.7 Å². The molecule has 7 heteroatoms. The highest BCUT2D eigenvalue weighted by atomic mass is 32.2. The SMILES string of the molecule is O=S(=O)(c1ccccc1)c1ccc(NN=CCc2ccc(F)cc2F)cc1. The van der Waals surface area contributed by atoms with Gasteiger partial charge in [-0.05, 0) is 48.0 Å². The van der Waals surface area contributed by atoms with Crippen LogP contribution in [0.15, 0.2) is 87.7 Å². The van der Waals surface area contributed by atoms with E-state index in [1.807, 2.05) is 0 Å². The van der Waals surface area contributed by atoms with E-state index in [4.69, 9.17) is 0 Å². The molecule has 0 fully saturated rings. The molecule has 0 spiro atoms. The predicted octanol–water partition coefficient (Wildman–Crippen LogP) is 4.44. The van der Waals surface area contributed by atoms with E-state index in [0.717, 1.165) is 6.07 Å². The van der Waals surface area contributed by atoms with Crippen LogP contribution < -0.4 is 5.43 Å². The van der Waals surface area contributed by atoms with Gasteiger partial charge in [0.1, 0.15) is 11.6 Å². The maximum atomic E-state index is 13.5. The van der Waals surface area contributed by atoms with Crippen molar-refractivity contribution in [2.45, 2.75) is 16.2 Å². The summed E-state index contributed by atoms with van der Waals surface area (Å²) in [6, 6.07) is 17.7. The first kappa shape index (κ1) is 18.7. The zero-order valence-electron chi connectivity index (χ0n) is 14.1. The Balaban J connectivity index is 1.64. The molecule has 0 radical (unpaired) electrons. The number of hydrogen-bond acceptors (Lipinski definition) is 4. The molecule has 0 aliphatic rings. The maximum Gasteiger partial charge on any atom is 0.206 e. The molecule has 3 aromatic rings. The van der Waals surface area contributed by atoms with Gasteiger partial charge in [-0.1, -0.05) is 24.3 Å². The van der Waals surface area contributed by atoms with Crippen molar-refractivity contribution in [3.8, 4) is 0 Å². The molecule has 0 saturated carbocycles. The molecule has 4 nitrogen and oxygen atoms in total. The molecule has 0 unspecified atom stereocenters. The third kappa shape index (κ3) is 4.57. The van der Waals surface area contributed by atoms with Crippen LogP contribution in [-0.4, -0.2) is 14.6 Å². The number of halogens is 2. The van der Waals surface area contributed by atoms with Gasteiger partial charge in [-0.3, -0.25) is 5.43 Å². The van der Waals surface area contributed by atoms with Crippen LogP contribution in [0.5, 0.6) is 0 Å². The van der Waals surface area contributed by atoms with E-state index in [9.17, 15) is 17.2 Å². The minimum absolute atomic E-state index is 0.177. The molecule has 1 N–H and O–H groups in total. The predicted molar refractivity (Wildman–Crippen MR) is 101 cm³/mol. The average Bonchev–Trinajstić information content (AvgIpc) is 2.68. The van der Waals surface area contributed by atoms with E-state index in [-0.39, 0.29) is 16.2 Å². The van der Waals surface area contributed by atoms with Crippen molar-refractivity contribution in [2.75, 3.05) is 5.43 Å². The van der Waals surface area contributed by atoms with Gasteiger partial charge < -0.3 is 0 Å². The van der Waals surface area contributed by atoms with Gasteiger partial charge in [-0.15, -0.1) is 0 Å². The van der Waals surface area contributed by atoms with Crippen molar-refractivity contribution >= 4 is 21.7 Å². The second-order valence-corrected chi connectivity index (χ2v) is 7.65. The molecule has 3 rings (SSSR count). The largest absolute Gasteiger partial charge is 0.279 e. The highest BCUT2D eigenvalue weighted by Crippen LogP contribution is 2.22. The van der Waals surface area contributed by atoms with Crippen LogP contribution in [0.1, 0.15) is 5.56 Å². The van der Waals surface area contributed by atoms with Crippen LogP contribution in [-0.2, 0) is 16.3 Å². The number of rotatable bonds is 6. The van der Waals surface area contributed by atoms with E-state index in [1.54, 1.807) is 42.5 Å². The van der Waals surface area contributed by atoms with Crippen LogP contribution in [0.4, 0.5) is 14.5 Å². The van der Waals surface area contributed by atoms with Gasteiger partial charge in [0.15, 0.2) is 0 Å². The number of sulfone groups is 1. The summed E-state index contributed by atoms with van der Waals surface area (Å²) in [4.78, 5) is 0.404. The monoisotopic (exact) mass is 386 g/mol. The van der Waals surface area contributed by atoms with E-state index in [2.05, 4.69) is 10.5 Å². The Morgan fingerprint density at radius 1 is 0.889 bits per heavy atom. The molecule has 0 aliphatic carbocycles. The lowest BCUT2D eigenvalue weighted by atomic mass is 10.1. The van der Waals surface area contributed by atoms with E-state index >= 15 is 0 Å². The molecule has 0 bridgehead atoms. The minimum Gasteiger partial charge on any atom is -0.279 e. The van der Waals surface area contributed by atoms with Crippen LogP contribution >= 0.6 is 0 Å². The molecular weight excluding hydrogens is 370 g/mol. The molecular formula is C20H16F2N2O2S. The normalized spacial score (nSPS) is 11.6. The lowest BCUT2D eigenvalue weighted by Gasteiger charge is -2.06. The highest BCUT2D eigenvalue weighted by molar-refractivity contribution is 7.91. The maximum absolute atomic E-state index is 13.5. The summed E-state index contributed by atoms with van der Waals surface area (Å²) in [6.07, 6.45) is 1.64. The van der Waals surface area contributed by atoms with E-state index < -0.39 is 21.5 Å². The molecule has 0 saturated heterocycles. The summed E-state index contributed by atoms with van der Waals surface area (Å²) in [6.45, 7) is 0. The van der Waals surface area contributed by atoms with Crippen LogP contribution in [0, 0.1) is 11.6 Å². The van der Waals surface area contributed by atoms with Crippen molar-refractivity contribution < 1.29 is 17.2 Å². The van der Waals surface area contributed by atoms with Crippen molar-refractivity contribution in [1.29, 1.82) is 0 Å². The zero-order valence-corrected chi connectivity index (χ0v) is 15.0. The fourth-order valence-corrected chi connectivity index (χ4v) is 3.68. The molecule has 138 valence electrons. The quantitative estimate of drug-likeness (QED) is 0.503. The third-order valence-electron chi connectivity index (χ3n) is 3.83. The topological polar surface area (TPSA) is 58.5 Å². The third-order valence-corrected chi connectivity index (χ3v) is 5.61. The number of hydrogen-bond donors (Lipinski definition) is 1. The first-order chi connectivity index (χ1) is 13.0. The van der Waals surface area contributed by atoms with E-state index in [1.165, 1.54) is 30.5 Å². The molecule has 0 heterocycles.